The van der Waals surface area contributed by atoms with E-state index in [2.05, 4.69) is 0 Å². The lowest BCUT2D eigenvalue weighted by molar-refractivity contribution is -0.387. The largest absolute Gasteiger partial charge is 0.444 e. The monoisotopic (exact) mass is 558 g/mol. The first kappa shape index (κ1) is 33.1. The molecule has 12 nitrogen and oxygen atoms in total. The minimum Gasteiger partial charge on any atom is -0.444 e. The van der Waals surface area contributed by atoms with E-state index in [1.54, 1.807) is 55.6 Å². The summed E-state index contributed by atoms with van der Waals surface area (Å²) < 4.78 is 38.8. The van der Waals surface area contributed by atoms with Crippen LogP contribution in [0, 0.1) is 10.1 Å². The van der Waals surface area contributed by atoms with Crippen LogP contribution < -0.4 is 0 Å². The third kappa shape index (κ3) is 11.2. The summed E-state index contributed by atoms with van der Waals surface area (Å²) in [5, 5.41) is 11.5. The van der Waals surface area contributed by atoms with E-state index in [1.807, 2.05) is 0 Å². The van der Waals surface area contributed by atoms with Gasteiger partial charge in [0.1, 0.15) is 11.2 Å². The van der Waals surface area contributed by atoms with E-state index in [9.17, 15) is 28.1 Å². The molecule has 0 atom stereocenters. The van der Waals surface area contributed by atoms with Crippen LogP contribution in [0.1, 0.15) is 60.8 Å². The Morgan fingerprint density at radius 1 is 0.816 bits per heavy atom. The molecule has 0 saturated carbocycles. The summed E-state index contributed by atoms with van der Waals surface area (Å²) >= 11 is 0. The van der Waals surface area contributed by atoms with Crippen molar-refractivity contribution in [3.63, 3.8) is 0 Å². The number of para-hydroxylation sites is 1. The number of ether oxygens (including phenoxy) is 2. The van der Waals surface area contributed by atoms with Gasteiger partial charge in [0.05, 0.1) is 4.92 Å². The zero-order chi connectivity index (χ0) is 29.3. The molecule has 216 valence electrons. The van der Waals surface area contributed by atoms with Crippen molar-refractivity contribution in [2.45, 2.75) is 76.9 Å². The number of unbranched alkanes of at least 4 members (excludes halogenated alkanes) is 1. The predicted octanol–water partition coefficient (Wildman–Crippen LogP) is 4.49. The van der Waals surface area contributed by atoms with E-state index >= 15 is 0 Å². The zero-order valence-electron chi connectivity index (χ0n) is 23.7. The van der Waals surface area contributed by atoms with Crippen molar-refractivity contribution in [3.8, 4) is 0 Å². The first-order valence-corrected chi connectivity index (χ1v) is 13.9. The summed E-state index contributed by atoms with van der Waals surface area (Å²) in [4.78, 5) is 37.6. The van der Waals surface area contributed by atoms with Crippen molar-refractivity contribution in [1.82, 2.24) is 14.1 Å². The Hall–Kier alpha value is -2.93. The molecule has 0 radical (unpaired) electrons. The molecule has 38 heavy (non-hydrogen) atoms. The third-order valence-corrected chi connectivity index (χ3v) is 7.09. The second kappa shape index (κ2) is 13.7. The second-order valence-electron chi connectivity index (χ2n) is 11.0. The van der Waals surface area contributed by atoms with Gasteiger partial charge in [-0.05, 0) is 66.9 Å². The molecule has 1 aromatic carbocycles. The average Bonchev–Trinajstić information content (AvgIpc) is 2.77. The normalized spacial score (nSPS) is 12.2. The van der Waals surface area contributed by atoms with Crippen LogP contribution in [0.25, 0.3) is 0 Å². The lowest BCUT2D eigenvalue weighted by atomic mass is 10.2. The number of amides is 2. The van der Waals surface area contributed by atoms with Crippen LogP contribution >= 0.6 is 0 Å². The molecule has 0 heterocycles. The smallest absolute Gasteiger partial charge is 0.410 e. The highest BCUT2D eigenvalue weighted by Gasteiger charge is 2.31. The van der Waals surface area contributed by atoms with Crippen LogP contribution in [-0.4, -0.2) is 91.1 Å². The van der Waals surface area contributed by atoms with E-state index in [1.165, 1.54) is 32.3 Å². The fraction of sp³-hybridized carbons (Fsp3) is 0.680. The zero-order valence-corrected chi connectivity index (χ0v) is 24.5. The summed E-state index contributed by atoms with van der Waals surface area (Å²) in [5.41, 5.74) is -1.81. The Labute approximate surface area is 226 Å². The first-order chi connectivity index (χ1) is 17.3. The highest BCUT2D eigenvalue weighted by atomic mass is 32.2. The van der Waals surface area contributed by atoms with Crippen molar-refractivity contribution in [2.75, 3.05) is 40.3 Å². The Balaban J connectivity index is 2.95. The van der Waals surface area contributed by atoms with Gasteiger partial charge in [-0.15, -0.1) is 0 Å². The number of nitrogens with zero attached hydrogens (tertiary/aromatic N) is 4. The highest BCUT2D eigenvalue weighted by Crippen LogP contribution is 2.27. The molecule has 13 heteroatoms. The number of sulfonamides is 1. The molecule has 0 saturated heterocycles. The van der Waals surface area contributed by atoms with Crippen LogP contribution in [0.15, 0.2) is 29.2 Å². The first-order valence-electron chi connectivity index (χ1n) is 12.5. The van der Waals surface area contributed by atoms with Gasteiger partial charge < -0.3 is 19.3 Å². The quantitative estimate of drug-likeness (QED) is 0.208. The van der Waals surface area contributed by atoms with E-state index in [4.69, 9.17) is 9.47 Å². The minimum absolute atomic E-state index is 0.0312. The number of benzene rings is 1. The fourth-order valence-electron chi connectivity index (χ4n) is 3.30. The van der Waals surface area contributed by atoms with Crippen molar-refractivity contribution in [1.29, 1.82) is 0 Å². The van der Waals surface area contributed by atoms with Crippen molar-refractivity contribution in [3.05, 3.63) is 34.4 Å². The Morgan fingerprint density at radius 2 is 1.24 bits per heavy atom. The van der Waals surface area contributed by atoms with Crippen LogP contribution in [0.4, 0.5) is 15.3 Å². The van der Waals surface area contributed by atoms with Gasteiger partial charge in [-0.1, -0.05) is 12.1 Å². The molecule has 0 unspecified atom stereocenters. The molecule has 0 aliphatic rings. The predicted molar refractivity (Wildman–Crippen MR) is 143 cm³/mol. The van der Waals surface area contributed by atoms with Gasteiger partial charge in [0, 0.05) is 46.3 Å². The van der Waals surface area contributed by atoms with Gasteiger partial charge >= 0.3 is 12.2 Å². The molecule has 0 fully saturated rings. The van der Waals surface area contributed by atoms with Gasteiger partial charge in [0.2, 0.25) is 10.0 Å². The molecule has 0 bridgehead atoms. The van der Waals surface area contributed by atoms with Crippen LogP contribution in [0.3, 0.4) is 0 Å². The lowest BCUT2D eigenvalue weighted by Crippen LogP contribution is -2.38. The Kier molecular flexibility index (Phi) is 12.0. The summed E-state index contributed by atoms with van der Waals surface area (Å²) in [5.74, 6) is 0. The summed E-state index contributed by atoms with van der Waals surface area (Å²) in [7, 11) is -1.06. The molecule has 0 spiro atoms. The number of hydrogen-bond acceptors (Lipinski definition) is 8. The number of rotatable bonds is 12. The molecule has 0 N–H and O–H groups in total. The molecule has 2 amide bonds. The molecule has 0 aromatic heterocycles. The molecule has 1 rings (SSSR count). The van der Waals surface area contributed by atoms with Gasteiger partial charge in [-0.2, -0.15) is 4.31 Å². The third-order valence-electron chi connectivity index (χ3n) is 5.14. The van der Waals surface area contributed by atoms with Crippen molar-refractivity contribution >= 4 is 27.9 Å². The number of nitro benzene ring substituents is 1. The van der Waals surface area contributed by atoms with Crippen molar-refractivity contribution < 1.29 is 32.4 Å². The maximum atomic E-state index is 13.5. The van der Waals surface area contributed by atoms with Crippen LogP contribution in [0.2, 0.25) is 0 Å². The van der Waals surface area contributed by atoms with E-state index in [0.717, 1.165) is 6.07 Å². The number of carbonyl (C=O) groups is 2. The molecule has 0 aliphatic carbocycles. The minimum atomic E-state index is -4.21. The van der Waals surface area contributed by atoms with Crippen LogP contribution in [-0.2, 0) is 19.5 Å². The maximum Gasteiger partial charge on any atom is 0.410 e. The maximum absolute atomic E-state index is 13.5. The van der Waals surface area contributed by atoms with E-state index < -0.39 is 48.9 Å². The van der Waals surface area contributed by atoms with Gasteiger partial charge in [0.25, 0.3) is 5.69 Å². The Bertz CT molecular complexity index is 1060. The number of carbonyl (C=O) groups excluding carboxylic acids is 2. The van der Waals surface area contributed by atoms with Crippen molar-refractivity contribution in [2.24, 2.45) is 0 Å². The second-order valence-corrected chi connectivity index (χ2v) is 12.9. The summed E-state index contributed by atoms with van der Waals surface area (Å²) in [6.45, 7) is 11.2. The van der Waals surface area contributed by atoms with E-state index in [-0.39, 0.29) is 26.1 Å². The topological polar surface area (TPSA) is 140 Å². The lowest BCUT2D eigenvalue weighted by Gasteiger charge is -2.27. The average molecular weight is 559 g/mol. The molecule has 0 aliphatic heterocycles. The molecule has 1 aromatic rings. The summed E-state index contributed by atoms with van der Waals surface area (Å²) in [6.07, 6.45) is 0.154. The SMILES string of the molecule is CN(CCCCN(CCCN(C)C(=O)OC(C)(C)C)S(=O)(=O)c1ccccc1[N+](=O)[O-])C(=O)OC(C)(C)C. The summed E-state index contributed by atoms with van der Waals surface area (Å²) in [6, 6.07) is 5.20. The van der Waals surface area contributed by atoms with Gasteiger partial charge in [0.15, 0.2) is 4.90 Å². The standard InChI is InChI=1S/C25H42N4O8S/c1-24(2,3)36-22(30)26(7)16-11-12-18-28(19-13-17-27(8)23(31)37-25(4,5)6)38(34,35)21-15-10-9-14-20(21)29(32)33/h9-10,14-15H,11-13,16-19H2,1-8H3. The van der Waals surface area contributed by atoms with Gasteiger partial charge in [-0.3, -0.25) is 10.1 Å². The highest BCUT2D eigenvalue weighted by molar-refractivity contribution is 7.89. The van der Waals surface area contributed by atoms with E-state index in [0.29, 0.717) is 19.4 Å². The van der Waals surface area contributed by atoms with Crippen LogP contribution in [0.5, 0.6) is 0 Å². The van der Waals surface area contributed by atoms with Gasteiger partial charge in [-0.25, -0.2) is 18.0 Å². The fourth-order valence-corrected chi connectivity index (χ4v) is 4.98. The molecular formula is C25H42N4O8S. The molecular weight excluding hydrogens is 516 g/mol. The number of nitro groups is 1. The number of hydrogen-bond donors (Lipinski definition) is 0. The Morgan fingerprint density at radius 3 is 1.71 bits per heavy atom.